The summed E-state index contributed by atoms with van der Waals surface area (Å²) in [5.41, 5.74) is 1.24. The first-order valence-corrected chi connectivity index (χ1v) is 6.74. The average Bonchev–Trinajstić information content (AvgIpc) is 2.35. The molecule has 0 atom stereocenters. The Morgan fingerprint density at radius 1 is 1.24 bits per heavy atom. The molecular formula is C13H20BrN3. The predicted octanol–water partition coefficient (Wildman–Crippen LogP) is 2.91. The summed E-state index contributed by atoms with van der Waals surface area (Å²) in [4.78, 5) is 4.18. The van der Waals surface area contributed by atoms with E-state index in [9.17, 15) is 0 Å². The minimum Gasteiger partial charge on any atom is -0.356 e. The Balaban J connectivity index is 2.35. The number of halogens is 1. The molecule has 0 fully saturated rings. The molecule has 0 saturated carbocycles. The largest absolute Gasteiger partial charge is 0.356 e. The van der Waals surface area contributed by atoms with Gasteiger partial charge in [0.05, 0.1) is 0 Å². The minimum absolute atomic E-state index is 0.791. The fraction of sp³-hybridized carbons (Fsp3) is 0.462. The van der Waals surface area contributed by atoms with Crippen molar-refractivity contribution in [1.82, 2.24) is 10.6 Å². The molecule has 17 heavy (non-hydrogen) atoms. The van der Waals surface area contributed by atoms with Crippen molar-refractivity contribution in [2.45, 2.75) is 26.3 Å². The summed E-state index contributed by atoms with van der Waals surface area (Å²) < 4.78 is 1.10. The number of unbranched alkanes of at least 4 members (excludes halogenated alkanes) is 1. The van der Waals surface area contributed by atoms with E-state index in [0.717, 1.165) is 23.5 Å². The van der Waals surface area contributed by atoms with Gasteiger partial charge in [0.15, 0.2) is 5.96 Å². The first-order valence-electron chi connectivity index (χ1n) is 5.95. The van der Waals surface area contributed by atoms with Gasteiger partial charge < -0.3 is 10.6 Å². The molecule has 0 saturated heterocycles. The summed E-state index contributed by atoms with van der Waals surface area (Å²) in [7, 11) is 1.79. The molecular weight excluding hydrogens is 278 g/mol. The molecule has 0 aliphatic rings. The van der Waals surface area contributed by atoms with Crippen LogP contribution in [0.3, 0.4) is 0 Å². The summed E-state index contributed by atoms with van der Waals surface area (Å²) in [5, 5.41) is 6.57. The number of rotatable bonds is 5. The normalized spacial score (nSPS) is 11.4. The average molecular weight is 298 g/mol. The van der Waals surface area contributed by atoms with Crippen molar-refractivity contribution in [1.29, 1.82) is 0 Å². The van der Waals surface area contributed by atoms with Gasteiger partial charge in [-0.05, 0) is 24.1 Å². The highest BCUT2D eigenvalue weighted by Gasteiger charge is 1.97. The van der Waals surface area contributed by atoms with E-state index < -0.39 is 0 Å². The molecule has 1 rings (SSSR count). The molecule has 0 spiro atoms. The molecule has 2 N–H and O–H groups in total. The quantitative estimate of drug-likeness (QED) is 0.498. The zero-order valence-electron chi connectivity index (χ0n) is 10.5. The first kappa shape index (κ1) is 14.0. The zero-order valence-corrected chi connectivity index (χ0v) is 12.0. The maximum Gasteiger partial charge on any atom is 0.191 e. The van der Waals surface area contributed by atoms with Crippen molar-refractivity contribution in [3.05, 3.63) is 34.3 Å². The lowest BCUT2D eigenvalue weighted by atomic mass is 10.2. The van der Waals surface area contributed by atoms with E-state index in [1.165, 1.54) is 18.4 Å². The van der Waals surface area contributed by atoms with Gasteiger partial charge in [0.25, 0.3) is 0 Å². The summed E-state index contributed by atoms with van der Waals surface area (Å²) in [6, 6.07) is 8.28. The van der Waals surface area contributed by atoms with Crippen LogP contribution in [-0.2, 0) is 6.54 Å². The van der Waals surface area contributed by atoms with Gasteiger partial charge in [-0.3, -0.25) is 4.99 Å². The number of nitrogens with zero attached hydrogens (tertiary/aromatic N) is 1. The third kappa shape index (κ3) is 5.73. The molecule has 0 aromatic heterocycles. The van der Waals surface area contributed by atoms with E-state index in [1.807, 2.05) is 12.1 Å². The molecule has 0 aliphatic carbocycles. The Kier molecular flexibility index (Phi) is 6.70. The van der Waals surface area contributed by atoms with Crippen LogP contribution in [0.1, 0.15) is 25.3 Å². The van der Waals surface area contributed by atoms with Crippen molar-refractivity contribution < 1.29 is 0 Å². The summed E-state index contributed by atoms with van der Waals surface area (Å²) in [5.74, 6) is 0.862. The summed E-state index contributed by atoms with van der Waals surface area (Å²) >= 11 is 3.42. The molecule has 0 radical (unpaired) electrons. The molecule has 0 bridgehead atoms. The summed E-state index contributed by atoms with van der Waals surface area (Å²) in [6.45, 7) is 3.94. The Hall–Kier alpha value is -1.03. The van der Waals surface area contributed by atoms with Crippen molar-refractivity contribution in [2.75, 3.05) is 13.6 Å². The van der Waals surface area contributed by atoms with Crippen LogP contribution >= 0.6 is 15.9 Å². The van der Waals surface area contributed by atoms with E-state index in [4.69, 9.17) is 0 Å². The number of benzene rings is 1. The molecule has 4 heteroatoms. The standard InChI is InChI=1S/C13H20BrN3/c1-3-4-9-16-13(15-2)17-10-11-5-7-12(14)8-6-11/h5-8H,3-4,9-10H2,1-2H3,(H2,15,16,17). The monoisotopic (exact) mass is 297 g/mol. The van der Waals surface area contributed by atoms with Crippen molar-refractivity contribution in [3.63, 3.8) is 0 Å². The van der Waals surface area contributed by atoms with Gasteiger partial charge in [0.2, 0.25) is 0 Å². The Labute approximate surface area is 112 Å². The molecule has 1 aromatic rings. The Morgan fingerprint density at radius 3 is 2.53 bits per heavy atom. The molecule has 0 aliphatic heterocycles. The lowest BCUT2D eigenvalue weighted by Gasteiger charge is -2.11. The highest BCUT2D eigenvalue weighted by molar-refractivity contribution is 9.10. The molecule has 94 valence electrons. The highest BCUT2D eigenvalue weighted by atomic mass is 79.9. The fourth-order valence-corrected chi connectivity index (χ4v) is 1.66. The Bertz CT molecular complexity index is 346. The predicted molar refractivity (Wildman–Crippen MR) is 77.3 cm³/mol. The number of nitrogens with one attached hydrogen (secondary N) is 2. The smallest absolute Gasteiger partial charge is 0.191 e. The van der Waals surface area contributed by atoms with Crippen molar-refractivity contribution in [3.8, 4) is 0 Å². The number of aliphatic imine (C=N–C) groups is 1. The van der Waals surface area contributed by atoms with Crippen LogP contribution in [0.5, 0.6) is 0 Å². The SMILES string of the molecule is CCCCNC(=NC)NCc1ccc(Br)cc1. The van der Waals surface area contributed by atoms with Crippen LogP contribution in [-0.4, -0.2) is 19.6 Å². The van der Waals surface area contributed by atoms with Gasteiger partial charge in [-0.25, -0.2) is 0 Å². The fourth-order valence-electron chi connectivity index (χ4n) is 1.39. The van der Waals surface area contributed by atoms with Gasteiger partial charge in [0, 0.05) is 24.6 Å². The minimum atomic E-state index is 0.791. The molecule has 0 unspecified atom stereocenters. The van der Waals surface area contributed by atoms with Gasteiger partial charge in [-0.1, -0.05) is 41.4 Å². The maximum atomic E-state index is 4.18. The number of hydrogen-bond acceptors (Lipinski definition) is 1. The van der Waals surface area contributed by atoms with Crippen molar-refractivity contribution >= 4 is 21.9 Å². The van der Waals surface area contributed by atoms with Crippen LogP contribution in [0, 0.1) is 0 Å². The van der Waals surface area contributed by atoms with E-state index in [0.29, 0.717) is 0 Å². The van der Waals surface area contributed by atoms with Crippen LogP contribution in [0.2, 0.25) is 0 Å². The second-order valence-electron chi connectivity index (χ2n) is 3.83. The topological polar surface area (TPSA) is 36.4 Å². The third-order valence-electron chi connectivity index (χ3n) is 2.42. The van der Waals surface area contributed by atoms with Gasteiger partial charge in [-0.15, -0.1) is 0 Å². The van der Waals surface area contributed by atoms with Gasteiger partial charge in [-0.2, -0.15) is 0 Å². The van der Waals surface area contributed by atoms with E-state index >= 15 is 0 Å². The lowest BCUT2D eigenvalue weighted by Crippen LogP contribution is -2.37. The van der Waals surface area contributed by atoms with Gasteiger partial charge >= 0.3 is 0 Å². The van der Waals surface area contributed by atoms with Crippen molar-refractivity contribution in [2.24, 2.45) is 4.99 Å². The van der Waals surface area contributed by atoms with Crippen LogP contribution in [0.25, 0.3) is 0 Å². The van der Waals surface area contributed by atoms with E-state index in [2.05, 4.69) is 50.6 Å². The molecule has 0 heterocycles. The molecule has 1 aromatic carbocycles. The number of hydrogen-bond donors (Lipinski definition) is 2. The number of guanidine groups is 1. The molecule has 0 amide bonds. The second kappa shape index (κ2) is 8.12. The van der Waals surface area contributed by atoms with Crippen LogP contribution in [0.4, 0.5) is 0 Å². The highest BCUT2D eigenvalue weighted by Crippen LogP contribution is 2.09. The zero-order chi connectivity index (χ0) is 12.5. The first-order chi connectivity index (χ1) is 8.26. The van der Waals surface area contributed by atoms with Gasteiger partial charge in [0.1, 0.15) is 0 Å². The maximum absolute atomic E-state index is 4.18. The van der Waals surface area contributed by atoms with Crippen LogP contribution in [0.15, 0.2) is 33.7 Å². The molecule has 3 nitrogen and oxygen atoms in total. The van der Waals surface area contributed by atoms with Crippen LogP contribution < -0.4 is 10.6 Å². The second-order valence-corrected chi connectivity index (χ2v) is 4.75. The van der Waals surface area contributed by atoms with E-state index in [1.54, 1.807) is 7.05 Å². The lowest BCUT2D eigenvalue weighted by molar-refractivity contribution is 0.729. The third-order valence-corrected chi connectivity index (χ3v) is 2.95. The summed E-state index contributed by atoms with van der Waals surface area (Å²) in [6.07, 6.45) is 2.36. The Morgan fingerprint density at radius 2 is 1.94 bits per heavy atom. The van der Waals surface area contributed by atoms with E-state index in [-0.39, 0.29) is 0 Å².